The van der Waals surface area contributed by atoms with Gasteiger partial charge in [-0.3, -0.25) is 0 Å². The van der Waals surface area contributed by atoms with Gasteiger partial charge < -0.3 is 18.3 Å². The summed E-state index contributed by atoms with van der Waals surface area (Å²) in [5.74, 6) is 3.25. The van der Waals surface area contributed by atoms with Gasteiger partial charge in [-0.1, -0.05) is 60.7 Å². The van der Waals surface area contributed by atoms with Gasteiger partial charge in [0.25, 0.3) is 0 Å². The van der Waals surface area contributed by atoms with Gasteiger partial charge in [-0.25, -0.2) is 0 Å². The van der Waals surface area contributed by atoms with Crippen molar-refractivity contribution in [3.63, 3.8) is 0 Å². The monoisotopic (exact) mass is 456 g/mol. The highest BCUT2D eigenvalue weighted by molar-refractivity contribution is 6.64. The molecule has 0 unspecified atom stereocenters. The Labute approximate surface area is 196 Å². The first-order valence-electron chi connectivity index (χ1n) is 11.0. The van der Waals surface area contributed by atoms with E-state index in [9.17, 15) is 0 Å². The van der Waals surface area contributed by atoms with Crippen LogP contribution in [0.5, 0.6) is 23.0 Å². The van der Waals surface area contributed by atoms with Crippen molar-refractivity contribution >= 4 is 8.56 Å². The molecule has 4 aromatic rings. The Hall–Kier alpha value is -3.38. The van der Waals surface area contributed by atoms with Crippen LogP contribution in [0, 0.1) is 0 Å². The van der Waals surface area contributed by atoms with Crippen LogP contribution in [0.2, 0.25) is 13.1 Å². The highest BCUT2D eigenvalue weighted by Crippen LogP contribution is 2.23. The second kappa shape index (κ2) is 11.0. The van der Waals surface area contributed by atoms with Crippen LogP contribution in [-0.2, 0) is 22.1 Å². The normalized spacial score (nSPS) is 11.2. The number of ether oxygens (including phenoxy) is 2. The lowest BCUT2D eigenvalue weighted by Gasteiger charge is -2.23. The number of para-hydroxylation sites is 2. The summed E-state index contributed by atoms with van der Waals surface area (Å²) in [4.78, 5) is 0. The van der Waals surface area contributed by atoms with Crippen LogP contribution in [0.4, 0.5) is 0 Å². The first-order valence-corrected chi connectivity index (χ1v) is 13.8. The van der Waals surface area contributed by atoms with Crippen LogP contribution in [0.1, 0.15) is 11.1 Å². The Morgan fingerprint density at radius 1 is 0.455 bits per heavy atom. The largest absolute Gasteiger partial charge is 0.457 e. The predicted octanol–water partition coefficient (Wildman–Crippen LogP) is 7.71. The molecule has 0 heterocycles. The Morgan fingerprint density at radius 3 is 1.15 bits per heavy atom. The minimum absolute atomic E-state index is 0.509. The van der Waals surface area contributed by atoms with E-state index < -0.39 is 8.56 Å². The van der Waals surface area contributed by atoms with Gasteiger partial charge in [-0.15, -0.1) is 0 Å². The predicted molar refractivity (Wildman–Crippen MR) is 133 cm³/mol. The average Bonchev–Trinajstić information content (AvgIpc) is 2.85. The minimum Gasteiger partial charge on any atom is -0.457 e. The lowest BCUT2D eigenvalue weighted by Crippen LogP contribution is -2.34. The third-order valence-electron chi connectivity index (χ3n) is 4.98. The van der Waals surface area contributed by atoms with E-state index in [0.29, 0.717) is 13.2 Å². The quantitative estimate of drug-likeness (QED) is 0.229. The van der Waals surface area contributed by atoms with Crippen molar-refractivity contribution in [1.29, 1.82) is 0 Å². The number of hydrogen-bond acceptors (Lipinski definition) is 4. The summed E-state index contributed by atoms with van der Waals surface area (Å²) in [6.45, 7) is 5.14. The first kappa shape index (κ1) is 22.8. The molecule has 4 rings (SSSR count). The topological polar surface area (TPSA) is 36.9 Å². The Morgan fingerprint density at radius 2 is 0.788 bits per heavy atom. The van der Waals surface area contributed by atoms with Crippen molar-refractivity contribution in [2.45, 2.75) is 26.3 Å². The van der Waals surface area contributed by atoms with E-state index in [4.69, 9.17) is 18.3 Å². The maximum Gasteiger partial charge on any atom is 0.332 e. The van der Waals surface area contributed by atoms with Gasteiger partial charge in [0.05, 0.1) is 13.2 Å². The van der Waals surface area contributed by atoms with Gasteiger partial charge in [0, 0.05) is 0 Å². The lowest BCUT2D eigenvalue weighted by molar-refractivity contribution is 0.164. The molecule has 5 heteroatoms. The number of hydrogen-bond donors (Lipinski definition) is 0. The summed E-state index contributed by atoms with van der Waals surface area (Å²) >= 11 is 0. The van der Waals surface area contributed by atoms with E-state index >= 15 is 0 Å². The van der Waals surface area contributed by atoms with Crippen LogP contribution in [0.3, 0.4) is 0 Å². The van der Waals surface area contributed by atoms with Crippen molar-refractivity contribution in [1.82, 2.24) is 0 Å². The zero-order valence-electron chi connectivity index (χ0n) is 18.9. The zero-order valence-corrected chi connectivity index (χ0v) is 19.9. The number of benzene rings is 4. The summed E-state index contributed by atoms with van der Waals surface area (Å²) in [5, 5.41) is 0. The third-order valence-corrected chi connectivity index (χ3v) is 6.66. The molecule has 0 aliphatic carbocycles. The third kappa shape index (κ3) is 7.32. The maximum atomic E-state index is 6.15. The van der Waals surface area contributed by atoms with Crippen LogP contribution in [0.25, 0.3) is 0 Å². The van der Waals surface area contributed by atoms with Crippen LogP contribution in [-0.4, -0.2) is 8.56 Å². The van der Waals surface area contributed by atoms with Gasteiger partial charge in [0.1, 0.15) is 23.0 Å². The van der Waals surface area contributed by atoms with E-state index in [1.165, 1.54) is 0 Å². The van der Waals surface area contributed by atoms with Crippen molar-refractivity contribution in [2.75, 3.05) is 0 Å². The van der Waals surface area contributed by atoms with Crippen molar-refractivity contribution in [3.8, 4) is 23.0 Å². The second-order valence-electron chi connectivity index (χ2n) is 8.10. The van der Waals surface area contributed by atoms with Crippen molar-refractivity contribution < 1.29 is 18.3 Å². The molecule has 4 aromatic carbocycles. The molecule has 0 aromatic heterocycles. The van der Waals surface area contributed by atoms with E-state index in [0.717, 1.165) is 34.1 Å². The molecule has 0 saturated heterocycles. The fourth-order valence-corrected chi connectivity index (χ4v) is 4.22. The smallest absolute Gasteiger partial charge is 0.332 e. The van der Waals surface area contributed by atoms with E-state index in [1.807, 2.05) is 109 Å². The van der Waals surface area contributed by atoms with Gasteiger partial charge >= 0.3 is 8.56 Å². The zero-order chi connectivity index (χ0) is 22.9. The summed E-state index contributed by atoms with van der Waals surface area (Å²) in [7, 11) is -2.28. The van der Waals surface area contributed by atoms with Gasteiger partial charge in [-0.05, 0) is 72.8 Å². The Kier molecular flexibility index (Phi) is 7.57. The summed E-state index contributed by atoms with van der Waals surface area (Å²) < 4.78 is 24.0. The van der Waals surface area contributed by atoms with Gasteiger partial charge in [0.2, 0.25) is 0 Å². The van der Waals surface area contributed by atoms with Crippen LogP contribution in [0.15, 0.2) is 109 Å². The van der Waals surface area contributed by atoms with Crippen molar-refractivity contribution in [2.24, 2.45) is 0 Å². The molecule has 0 aliphatic heterocycles. The lowest BCUT2D eigenvalue weighted by atomic mass is 10.2. The van der Waals surface area contributed by atoms with Crippen LogP contribution < -0.4 is 9.47 Å². The molecule has 0 N–H and O–H groups in total. The molecular weight excluding hydrogens is 428 g/mol. The highest BCUT2D eigenvalue weighted by Gasteiger charge is 2.24. The molecule has 0 spiro atoms. The maximum absolute atomic E-state index is 6.15. The number of rotatable bonds is 10. The molecule has 0 fully saturated rings. The fourth-order valence-electron chi connectivity index (χ4n) is 3.11. The molecule has 0 saturated carbocycles. The molecule has 0 aliphatic rings. The van der Waals surface area contributed by atoms with Crippen LogP contribution >= 0.6 is 0 Å². The molecule has 0 atom stereocenters. The Bertz CT molecular complexity index is 1020. The molecular formula is C28H28O4Si. The van der Waals surface area contributed by atoms with E-state index in [-0.39, 0.29) is 0 Å². The fraction of sp³-hybridized carbons (Fsp3) is 0.143. The SMILES string of the molecule is C[Si](C)(OCc1ccc(Oc2ccccc2)cc1)OCc1ccc(Oc2ccccc2)cc1. The molecule has 0 amide bonds. The second-order valence-corrected chi connectivity index (χ2v) is 11.5. The average molecular weight is 457 g/mol. The molecule has 33 heavy (non-hydrogen) atoms. The molecule has 4 nitrogen and oxygen atoms in total. The summed E-state index contributed by atoms with van der Waals surface area (Å²) in [6.07, 6.45) is 0. The minimum atomic E-state index is -2.28. The highest BCUT2D eigenvalue weighted by atomic mass is 28.4. The van der Waals surface area contributed by atoms with E-state index in [1.54, 1.807) is 0 Å². The molecule has 168 valence electrons. The first-order chi connectivity index (χ1) is 16.1. The van der Waals surface area contributed by atoms with Gasteiger partial charge in [-0.2, -0.15) is 0 Å². The van der Waals surface area contributed by atoms with E-state index in [2.05, 4.69) is 13.1 Å². The standard InChI is InChI=1S/C28H28O4Si/c1-33(2,29-21-23-13-17-27(18-14-23)31-25-9-5-3-6-10-25)30-22-24-15-19-28(20-16-24)32-26-11-7-4-8-12-26/h3-20H,21-22H2,1-2H3. The molecule has 0 radical (unpaired) electrons. The summed E-state index contributed by atoms with van der Waals surface area (Å²) in [5.41, 5.74) is 2.17. The molecule has 0 bridgehead atoms. The van der Waals surface area contributed by atoms with Gasteiger partial charge in [0.15, 0.2) is 0 Å². The summed E-state index contributed by atoms with van der Waals surface area (Å²) in [6, 6.07) is 35.4. The Balaban J connectivity index is 1.23. The van der Waals surface area contributed by atoms with Crippen molar-refractivity contribution in [3.05, 3.63) is 120 Å².